The van der Waals surface area contributed by atoms with Crippen molar-refractivity contribution in [1.82, 2.24) is 5.32 Å². The first-order valence-corrected chi connectivity index (χ1v) is 9.90. The van der Waals surface area contributed by atoms with Crippen LogP contribution in [0.4, 0.5) is 4.79 Å². The van der Waals surface area contributed by atoms with Crippen molar-refractivity contribution in [3.8, 4) is 0 Å². The van der Waals surface area contributed by atoms with E-state index >= 15 is 0 Å². The monoisotopic (exact) mass is 293 g/mol. The minimum absolute atomic E-state index is 0.265. The van der Waals surface area contributed by atoms with Crippen molar-refractivity contribution in [3.05, 3.63) is 0 Å². The lowest BCUT2D eigenvalue weighted by Crippen LogP contribution is -2.51. The molecule has 2 unspecified atom stereocenters. The van der Waals surface area contributed by atoms with E-state index in [9.17, 15) is 9.59 Å². The lowest BCUT2D eigenvalue weighted by molar-refractivity contribution is -0.147. The Morgan fingerprint density at radius 1 is 1.28 bits per heavy atom. The molecule has 0 rings (SSSR count). The van der Waals surface area contributed by atoms with E-state index in [1.54, 1.807) is 6.92 Å². The van der Waals surface area contributed by atoms with E-state index in [1.165, 1.54) is 0 Å². The van der Waals surface area contributed by atoms with Gasteiger partial charge in [0, 0.05) is 0 Å². The fraction of sp³-hybridized carbons (Fsp3) is 0.818. The molecule has 0 bridgehead atoms. The fourth-order valence-corrected chi connectivity index (χ4v) is 2.86. The lowest BCUT2D eigenvalue weighted by atomic mass is 10.1. The van der Waals surface area contributed by atoms with Crippen molar-refractivity contribution in [1.29, 1.82) is 0 Å². The van der Waals surface area contributed by atoms with Crippen molar-refractivity contribution < 1.29 is 18.8 Å². The third kappa shape index (κ3) is 7.02. The molecule has 0 spiro atoms. The summed E-state index contributed by atoms with van der Waals surface area (Å²) < 4.78 is 10.9. The summed E-state index contributed by atoms with van der Waals surface area (Å²) in [5.74, 6) is -0.481. The average Bonchev–Trinajstić information content (AvgIpc) is 2.21. The predicted octanol–water partition coefficient (Wildman–Crippen LogP) is 2.19. The van der Waals surface area contributed by atoms with Gasteiger partial charge in [-0.25, -0.2) is 4.79 Å². The van der Waals surface area contributed by atoms with Gasteiger partial charge in [-0.1, -0.05) is 19.6 Å². The summed E-state index contributed by atoms with van der Waals surface area (Å²) in [4.78, 5) is 22.9. The molecule has 0 aromatic carbocycles. The maximum Gasteiger partial charge on any atom is 0.331 e. The topological polar surface area (TPSA) is 64.6 Å². The summed E-state index contributed by atoms with van der Waals surface area (Å²) in [6.45, 7) is 9.97. The first-order chi connectivity index (χ1) is 8.21. The van der Waals surface area contributed by atoms with Crippen LogP contribution in [0, 0.1) is 0 Å². The van der Waals surface area contributed by atoms with Crippen LogP contribution in [0.1, 0.15) is 20.3 Å². The molecule has 0 aromatic rings. The molecule has 0 saturated heterocycles. The molecule has 5 nitrogen and oxygen atoms in total. The van der Waals surface area contributed by atoms with Crippen molar-refractivity contribution in [2.24, 2.45) is 0 Å². The highest BCUT2D eigenvalue weighted by molar-refractivity contribution is 7.96. The van der Waals surface area contributed by atoms with Crippen LogP contribution >= 0.6 is 12.6 Å². The number of esters is 1. The highest BCUT2D eigenvalue weighted by Gasteiger charge is 2.33. The molecule has 18 heavy (non-hydrogen) atoms. The van der Waals surface area contributed by atoms with Crippen LogP contribution in [0.5, 0.6) is 0 Å². The maximum absolute atomic E-state index is 11.8. The molecule has 0 radical (unpaired) electrons. The van der Waals surface area contributed by atoms with Gasteiger partial charge >= 0.3 is 5.97 Å². The Bertz CT molecular complexity index is 293. The van der Waals surface area contributed by atoms with Crippen molar-refractivity contribution in [3.63, 3.8) is 0 Å². The first kappa shape index (κ1) is 17.5. The van der Waals surface area contributed by atoms with Gasteiger partial charge in [-0.15, -0.1) is 0 Å². The van der Waals surface area contributed by atoms with Crippen LogP contribution in [-0.2, 0) is 14.0 Å². The second-order valence-electron chi connectivity index (χ2n) is 4.86. The lowest BCUT2D eigenvalue weighted by Gasteiger charge is -2.30. The molecule has 0 aliphatic carbocycles. The Kier molecular flexibility index (Phi) is 7.57. The minimum Gasteiger partial charge on any atom is -0.464 e. The highest BCUT2D eigenvalue weighted by atomic mass is 32.1. The van der Waals surface area contributed by atoms with Gasteiger partial charge in [0.2, 0.25) is 0 Å². The van der Waals surface area contributed by atoms with Gasteiger partial charge in [-0.05, 0) is 33.0 Å². The predicted molar refractivity (Wildman–Crippen MR) is 76.4 cm³/mol. The van der Waals surface area contributed by atoms with Crippen molar-refractivity contribution >= 4 is 32.2 Å². The van der Waals surface area contributed by atoms with Gasteiger partial charge in [0.1, 0.15) is 0 Å². The van der Waals surface area contributed by atoms with E-state index in [4.69, 9.17) is 9.16 Å². The number of amides is 1. The standard InChI is InChI=1S/C11H23NO4SSi/c1-6-8(16-18(3,4)5)9(12-11(14)17)10(13)15-7-2/h8-9H,6-7H2,1-5H3,(H2,12,14,17). The molecular formula is C11H23NO4SSi. The highest BCUT2D eigenvalue weighted by Crippen LogP contribution is 2.14. The second kappa shape index (κ2) is 7.80. The molecule has 1 amide bonds. The van der Waals surface area contributed by atoms with E-state index < -0.39 is 25.6 Å². The van der Waals surface area contributed by atoms with Gasteiger partial charge < -0.3 is 14.5 Å². The number of thiol groups is 1. The molecular weight excluding hydrogens is 270 g/mol. The number of hydrogen-bond acceptors (Lipinski definition) is 4. The van der Waals surface area contributed by atoms with Gasteiger partial charge in [0.15, 0.2) is 14.4 Å². The van der Waals surface area contributed by atoms with Gasteiger partial charge in [-0.3, -0.25) is 4.79 Å². The summed E-state index contributed by atoms with van der Waals surface area (Å²) in [5.41, 5.74) is 0. The smallest absolute Gasteiger partial charge is 0.331 e. The van der Waals surface area contributed by atoms with Crippen LogP contribution in [-0.4, -0.2) is 38.3 Å². The number of hydrogen-bond donors (Lipinski definition) is 2. The zero-order valence-corrected chi connectivity index (χ0v) is 13.5. The van der Waals surface area contributed by atoms with Crippen LogP contribution in [0.3, 0.4) is 0 Å². The zero-order valence-electron chi connectivity index (χ0n) is 11.6. The van der Waals surface area contributed by atoms with E-state index in [0.29, 0.717) is 6.42 Å². The zero-order chi connectivity index (χ0) is 14.3. The number of carbonyl (C=O) groups excluding carboxylic acids is 2. The molecule has 0 fully saturated rings. The summed E-state index contributed by atoms with van der Waals surface area (Å²) in [7, 11) is -1.81. The summed E-state index contributed by atoms with van der Waals surface area (Å²) in [6.07, 6.45) is 0.230. The van der Waals surface area contributed by atoms with Gasteiger partial charge in [0.05, 0.1) is 12.7 Å². The number of nitrogens with one attached hydrogen (secondary N) is 1. The quantitative estimate of drug-likeness (QED) is 0.429. The van der Waals surface area contributed by atoms with Crippen LogP contribution < -0.4 is 5.32 Å². The van der Waals surface area contributed by atoms with E-state index in [2.05, 4.69) is 17.9 Å². The second-order valence-corrected chi connectivity index (χ2v) is 9.72. The normalized spacial score (nSPS) is 14.8. The number of ether oxygens (including phenoxy) is 1. The molecule has 2 atom stereocenters. The van der Waals surface area contributed by atoms with Crippen LogP contribution in [0.2, 0.25) is 19.6 Å². The number of rotatable bonds is 7. The maximum atomic E-state index is 11.8. The third-order valence-electron chi connectivity index (χ3n) is 2.10. The molecule has 0 aliphatic heterocycles. The third-order valence-corrected chi connectivity index (χ3v) is 3.24. The van der Waals surface area contributed by atoms with Gasteiger partial charge in [-0.2, -0.15) is 0 Å². The Morgan fingerprint density at radius 3 is 2.17 bits per heavy atom. The molecule has 0 aromatic heterocycles. The summed E-state index contributed by atoms with van der Waals surface area (Å²) in [5, 5.41) is 1.92. The Hall–Kier alpha value is -0.533. The largest absolute Gasteiger partial charge is 0.464 e. The molecule has 0 heterocycles. The fourth-order valence-electron chi connectivity index (χ4n) is 1.51. The first-order valence-electron chi connectivity index (χ1n) is 6.05. The van der Waals surface area contributed by atoms with Crippen molar-refractivity contribution in [2.45, 2.75) is 52.1 Å². The average molecular weight is 293 g/mol. The number of carbonyl (C=O) groups is 2. The SMILES string of the molecule is CCOC(=O)C(NC(=O)S)C(CC)O[Si](C)(C)C. The van der Waals surface area contributed by atoms with E-state index in [0.717, 1.165) is 0 Å². The molecule has 1 N–H and O–H groups in total. The Morgan fingerprint density at radius 2 is 1.83 bits per heavy atom. The van der Waals surface area contributed by atoms with Crippen molar-refractivity contribution in [2.75, 3.05) is 6.61 Å². The Balaban J connectivity index is 4.88. The molecule has 106 valence electrons. The molecule has 0 aliphatic rings. The van der Waals surface area contributed by atoms with Crippen LogP contribution in [0.25, 0.3) is 0 Å². The molecule has 7 heteroatoms. The minimum atomic E-state index is -1.81. The molecule has 0 saturated carbocycles. The summed E-state index contributed by atoms with van der Waals surface area (Å²) in [6, 6.07) is -0.799. The summed E-state index contributed by atoms with van der Waals surface area (Å²) >= 11 is 3.64. The van der Waals surface area contributed by atoms with Crippen LogP contribution in [0.15, 0.2) is 0 Å². The van der Waals surface area contributed by atoms with Gasteiger partial charge in [0.25, 0.3) is 5.24 Å². The van der Waals surface area contributed by atoms with E-state index in [-0.39, 0.29) is 12.7 Å². The Labute approximate surface area is 115 Å². The van der Waals surface area contributed by atoms with E-state index in [1.807, 2.05) is 26.6 Å².